The van der Waals surface area contributed by atoms with E-state index in [-0.39, 0.29) is 17.9 Å². The molecule has 9 heteroatoms. The van der Waals surface area contributed by atoms with E-state index in [1.165, 1.54) is 0 Å². The lowest BCUT2D eigenvalue weighted by Gasteiger charge is -2.29. The van der Waals surface area contributed by atoms with Crippen molar-refractivity contribution in [2.75, 3.05) is 6.61 Å². The van der Waals surface area contributed by atoms with Gasteiger partial charge in [-0.25, -0.2) is 0 Å². The van der Waals surface area contributed by atoms with Crippen LogP contribution in [-0.4, -0.2) is 19.0 Å². The van der Waals surface area contributed by atoms with Crippen molar-refractivity contribution in [2.24, 2.45) is 11.7 Å². The average molecular weight is 378 g/mol. The van der Waals surface area contributed by atoms with Crippen molar-refractivity contribution in [3.8, 4) is 5.75 Å². The first-order chi connectivity index (χ1) is 9.51. The molecule has 0 fully saturated rings. The van der Waals surface area contributed by atoms with Gasteiger partial charge in [-0.2, -0.15) is 26.3 Å². The standard InChI is InChI=1S/C12H10BrF6NO/c13-6-3-5-1-2-21-9(5)7(4-6)8(20)10(11(14,15)16)12(17,18)19/h3-4,8,10H,1-2,20H2. The van der Waals surface area contributed by atoms with Crippen LogP contribution in [0.5, 0.6) is 5.75 Å². The Morgan fingerprint density at radius 2 is 1.67 bits per heavy atom. The van der Waals surface area contributed by atoms with Crippen molar-refractivity contribution in [3.63, 3.8) is 0 Å². The summed E-state index contributed by atoms with van der Waals surface area (Å²) in [5.74, 6) is -3.63. The van der Waals surface area contributed by atoms with Crippen LogP contribution in [-0.2, 0) is 6.42 Å². The van der Waals surface area contributed by atoms with E-state index in [4.69, 9.17) is 10.5 Å². The summed E-state index contributed by atoms with van der Waals surface area (Å²) in [5, 5.41) is 0. The minimum Gasteiger partial charge on any atom is -0.493 e. The van der Waals surface area contributed by atoms with E-state index in [0.29, 0.717) is 16.5 Å². The second-order valence-corrected chi connectivity index (χ2v) is 5.58. The summed E-state index contributed by atoms with van der Waals surface area (Å²) in [4.78, 5) is 0. The number of fused-ring (bicyclic) bond motifs is 1. The first-order valence-corrected chi connectivity index (χ1v) is 6.65. The largest absolute Gasteiger partial charge is 0.493 e. The summed E-state index contributed by atoms with van der Waals surface area (Å²) in [6.07, 6.45) is -10.6. The number of benzene rings is 1. The van der Waals surface area contributed by atoms with E-state index in [9.17, 15) is 26.3 Å². The Labute approximate surface area is 124 Å². The molecule has 1 heterocycles. The van der Waals surface area contributed by atoms with Gasteiger partial charge in [0.1, 0.15) is 5.75 Å². The number of nitrogens with two attached hydrogens (primary N) is 1. The zero-order valence-corrected chi connectivity index (χ0v) is 11.9. The Bertz CT molecular complexity index is 528. The molecule has 0 saturated heterocycles. The number of rotatable bonds is 2. The van der Waals surface area contributed by atoms with Crippen LogP contribution < -0.4 is 10.5 Å². The van der Waals surface area contributed by atoms with Crippen LogP contribution in [0.25, 0.3) is 0 Å². The van der Waals surface area contributed by atoms with Gasteiger partial charge in [0.05, 0.1) is 12.6 Å². The Kier molecular flexibility index (Phi) is 4.18. The summed E-state index contributed by atoms with van der Waals surface area (Å²) in [7, 11) is 0. The SMILES string of the molecule is NC(c1cc(Br)cc2c1OCC2)C(C(F)(F)F)C(F)(F)F. The molecule has 1 aliphatic heterocycles. The lowest BCUT2D eigenvalue weighted by atomic mass is 9.90. The topological polar surface area (TPSA) is 35.2 Å². The number of alkyl halides is 6. The van der Waals surface area contributed by atoms with Crippen molar-refractivity contribution in [1.29, 1.82) is 0 Å². The van der Waals surface area contributed by atoms with Crippen LogP contribution >= 0.6 is 15.9 Å². The van der Waals surface area contributed by atoms with Crippen LogP contribution in [0.15, 0.2) is 16.6 Å². The summed E-state index contributed by atoms with van der Waals surface area (Å²) in [5.41, 5.74) is 5.56. The third-order valence-corrected chi connectivity index (χ3v) is 3.66. The van der Waals surface area contributed by atoms with E-state index >= 15 is 0 Å². The molecule has 0 aliphatic carbocycles. The summed E-state index contributed by atoms with van der Waals surface area (Å²) < 4.78 is 82.0. The Hall–Kier alpha value is -0.960. The molecule has 1 aliphatic rings. The second kappa shape index (κ2) is 5.35. The molecule has 1 unspecified atom stereocenters. The van der Waals surface area contributed by atoms with Gasteiger partial charge >= 0.3 is 12.4 Å². The van der Waals surface area contributed by atoms with Gasteiger partial charge in [0, 0.05) is 16.5 Å². The number of hydrogen-bond acceptors (Lipinski definition) is 2. The van der Waals surface area contributed by atoms with Gasteiger partial charge < -0.3 is 10.5 Å². The van der Waals surface area contributed by atoms with Crippen molar-refractivity contribution in [3.05, 3.63) is 27.7 Å². The number of hydrogen-bond donors (Lipinski definition) is 1. The lowest BCUT2D eigenvalue weighted by molar-refractivity contribution is -0.290. The second-order valence-electron chi connectivity index (χ2n) is 4.67. The highest BCUT2D eigenvalue weighted by molar-refractivity contribution is 9.10. The van der Waals surface area contributed by atoms with Gasteiger partial charge in [-0.1, -0.05) is 15.9 Å². The number of halogens is 7. The highest BCUT2D eigenvalue weighted by Crippen LogP contribution is 2.48. The maximum absolute atomic E-state index is 12.8. The highest BCUT2D eigenvalue weighted by atomic mass is 79.9. The van der Waals surface area contributed by atoms with Gasteiger partial charge in [-0.3, -0.25) is 0 Å². The van der Waals surface area contributed by atoms with Crippen LogP contribution in [0.1, 0.15) is 17.2 Å². The first-order valence-electron chi connectivity index (χ1n) is 5.86. The van der Waals surface area contributed by atoms with Gasteiger partial charge in [0.25, 0.3) is 0 Å². The fourth-order valence-corrected chi connectivity index (χ4v) is 2.84. The van der Waals surface area contributed by atoms with E-state index < -0.39 is 24.3 Å². The van der Waals surface area contributed by atoms with Crippen LogP contribution in [0, 0.1) is 5.92 Å². The molecule has 2 rings (SSSR count). The van der Waals surface area contributed by atoms with Crippen molar-refractivity contribution in [1.82, 2.24) is 0 Å². The molecule has 1 aromatic rings. The molecule has 0 aromatic heterocycles. The molecule has 0 bridgehead atoms. The average Bonchev–Trinajstić information content (AvgIpc) is 2.71. The first kappa shape index (κ1) is 16.4. The van der Waals surface area contributed by atoms with E-state index in [1.807, 2.05) is 0 Å². The molecule has 2 N–H and O–H groups in total. The molecular weight excluding hydrogens is 368 g/mol. The summed E-state index contributed by atoms with van der Waals surface area (Å²) in [6.45, 7) is 0.203. The molecule has 1 aromatic carbocycles. The molecule has 1 atom stereocenters. The van der Waals surface area contributed by atoms with Gasteiger partial charge in [0.15, 0.2) is 5.92 Å². The summed E-state index contributed by atoms with van der Waals surface area (Å²) >= 11 is 3.06. The smallest absolute Gasteiger partial charge is 0.402 e. The zero-order chi connectivity index (χ0) is 16.0. The lowest BCUT2D eigenvalue weighted by Crippen LogP contribution is -2.44. The van der Waals surface area contributed by atoms with Gasteiger partial charge in [-0.05, 0) is 17.7 Å². The van der Waals surface area contributed by atoms with Crippen molar-refractivity contribution in [2.45, 2.75) is 24.8 Å². The molecular formula is C12H10BrF6NO. The monoisotopic (exact) mass is 377 g/mol. The normalized spacial score (nSPS) is 16.8. The molecule has 0 saturated carbocycles. The quantitative estimate of drug-likeness (QED) is 0.786. The molecule has 0 radical (unpaired) electrons. The maximum Gasteiger partial charge on any atom is 0.402 e. The maximum atomic E-state index is 12.8. The Morgan fingerprint density at radius 3 is 2.19 bits per heavy atom. The van der Waals surface area contributed by atoms with Crippen LogP contribution in [0.2, 0.25) is 0 Å². The third kappa shape index (κ3) is 3.28. The number of ether oxygens (including phenoxy) is 1. The zero-order valence-electron chi connectivity index (χ0n) is 10.4. The summed E-state index contributed by atoms with van der Waals surface area (Å²) in [6, 6.07) is 0.447. The minimum atomic E-state index is -5.49. The van der Waals surface area contributed by atoms with Crippen molar-refractivity contribution >= 4 is 15.9 Å². The van der Waals surface area contributed by atoms with Crippen LogP contribution in [0.3, 0.4) is 0 Å². The highest BCUT2D eigenvalue weighted by Gasteiger charge is 2.60. The van der Waals surface area contributed by atoms with E-state index in [0.717, 1.165) is 6.07 Å². The predicted molar refractivity (Wildman–Crippen MR) is 65.9 cm³/mol. The van der Waals surface area contributed by atoms with Crippen LogP contribution in [0.4, 0.5) is 26.3 Å². The molecule has 0 spiro atoms. The fraction of sp³-hybridized carbons (Fsp3) is 0.500. The van der Waals surface area contributed by atoms with Gasteiger partial charge in [-0.15, -0.1) is 0 Å². The predicted octanol–water partition coefficient (Wildman–Crippen LogP) is 4.12. The van der Waals surface area contributed by atoms with Crippen molar-refractivity contribution < 1.29 is 31.1 Å². The Balaban J connectivity index is 2.50. The minimum absolute atomic E-state index is 0.0178. The Morgan fingerprint density at radius 1 is 1.10 bits per heavy atom. The third-order valence-electron chi connectivity index (χ3n) is 3.20. The molecule has 2 nitrogen and oxygen atoms in total. The van der Waals surface area contributed by atoms with E-state index in [2.05, 4.69) is 15.9 Å². The van der Waals surface area contributed by atoms with Gasteiger partial charge in [0.2, 0.25) is 0 Å². The van der Waals surface area contributed by atoms with E-state index in [1.54, 1.807) is 6.07 Å². The molecule has 21 heavy (non-hydrogen) atoms. The fourth-order valence-electron chi connectivity index (χ4n) is 2.32. The molecule has 118 valence electrons. The molecule has 0 amide bonds.